The molecular weight excluding hydrogens is 532 g/mol. The number of rotatable bonds is 5. The second kappa shape index (κ2) is 10.1. The summed E-state index contributed by atoms with van der Waals surface area (Å²) in [7, 11) is -3.94. The smallest absolute Gasteiger partial charge is 0.248 e. The van der Waals surface area contributed by atoms with Gasteiger partial charge in [-0.1, -0.05) is 29.4 Å². The number of amides is 1. The van der Waals surface area contributed by atoms with E-state index in [1.54, 1.807) is 13.8 Å². The third-order valence-corrected chi connectivity index (χ3v) is 10.4. The van der Waals surface area contributed by atoms with Crippen LogP contribution < -0.4 is 14.4 Å². The molecule has 10 nitrogen and oxygen atoms in total. The van der Waals surface area contributed by atoms with Gasteiger partial charge in [-0.15, -0.1) is 0 Å². The highest BCUT2D eigenvalue weighted by Gasteiger charge is 2.47. The number of hydrogen-bond acceptors (Lipinski definition) is 8. The molecule has 1 aromatic heterocycles. The minimum Gasteiger partial charge on any atom is -0.454 e. The van der Waals surface area contributed by atoms with E-state index in [0.717, 1.165) is 5.56 Å². The van der Waals surface area contributed by atoms with Crippen LogP contribution in [-0.2, 0) is 14.8 Å². The van der Waals surface area contributed by atoms with Crippen molar-refractivity contribution in [2.45, 2.75) is 38.5 Å². The number of para-hydroxylation sites is 1. The van der Waals surface area contributed by atoms with Crippen LogP contribution >= 0.6 is 0 Å². The fourth-order valence-electron chi connectivity index (χ4n) is 6.21. The first-order chi connectivity index (χ1) is 19.1. The average molecular weight is 567 g/mol. The first kappa shape index (κ1) is 26.6. The number of aryl methyl sites for hydroxylation is 4. The quantitative estimate of drug-likeness (QED) is 0.463. The van der Waals surface area contributed by atoms with Crippen molar-refractivity contribution in [3.05, 3.63) is 64.5 Å². The molecule has 0 N–H and O–H groups in total. The van der Waals surface area contributed by atoms with Gasteiger partial charge in [-0.25, -0.2) is 8.42 Å². The number of carbonyl (C=O) groups is 1. The van der Waals surface area contributed by atoms with Gasteiger partial charge in [0.1, 0.15) is 10.6 Å². The molecule has 11 heteroatoms. The van der Waals surface area contributed by atoms with Crippen LogP contribution in [0.3, 0.4) is 0 Å². The molecule has 2 atom stereocenters. The van der Waals surface area contributed by atoms with Crippen LogP contribution in [0.2, 0.25) is 0 Å². The molecule has 1 amide bonds. The molecule has 4 heterocycles. The fourth-order valence-corrected chi connectivity index (χ4v) is 7.99. The number of piperazine rings is 1. The molecule has 0 aliphatic carbocycles. The van der Waals surface area contributed by atoms with Gasteiger partial charge in [0.2, 0.25) is 22.7 Å². The summed E-state index contributed by atoms with van der Waals surface area (Å²) in [5, 5.41) is 3.85. The monoisotopic (exact) mass is 566 g/mol. The Bertz CT molecular complexity index is 1540. The van der Waals surface area contributed by atoms with E-state index in [2.05, 4.69) is 42.1 Å². The van der Waals surface area contributed by atoms with E-state index < -0.39 is 21.9 Å². The molecule has 0 spiro atoms. The highest BCUT2D eigenvalue weighted by atomic mass is 32.2. The first-order valence-corrected chi connectivity index (χ1v) is 15.0. The van der Waals surface area contributed by atoms with Crippen molar-refractivity contribution in [3.63, 3.8) is 0 Å². The molecule has 0 unspecified atom stereocenters. The Morgan fingerprint density at radius 2 is 1.75 bits per heavy atom. The number of carbonyl (C=O) groups excluding carboxylic acids is 1. The summed E-state index contributed by atoms with van der Waals surface area (Å²) >= 11 is 0. The van der Waals surface area contributed by atoms with Crippen molar-refractivity contribution in [2.75, 3.05) is 51.0 Å². The maximum atomic E-state index is 14.1. The Balaban J connectivity index is 1.28. The zero-order valence-corrected chi connectivity index (χ0v) is 24.0. The third kappa shape index (κ3) is 4.50. The minimum absolute atomic E-state index is 0.0430. The van der Waals surface area contributed by atoms with Crippen molar-refractivity contribution < 1.29 is 27.2 Å². The van der Waals surface area contributed by atoms with Crippen LogP contribution in [0.1, 0.15) is 34.1 Å². The summed E-state index contributed by atoms with van der Waals surface area (Å²) in [5.74, 6) is 0.427. The van der Waals surface area contributed by atoms with Crippen LogP contribution in [0.5, 0.6) is 11.5 Å². The summed E-state index contributed by atoms with van der Waals surface area (Å²) in [4.78, 5) is 18.4. The van der Waals surface area contributed by atoms with E-state index in [1.165, 1.54) is 21.1 Å². The lowest BCUT2D eigenvalue weighted by Gasteiger charge is -2.38. The summed E-state index contributed by atoms with van der Waals surface area (Å²) in [5.41, 5.74) is 4.71. The molecule has 2 fully saturated rings. The molecule has 40 heavy (non-hydrogen) atoms. The number of benzene rings is 2. The van der Waals surface area contributed by atoms with Gasteiger partial charge in [0.15, 0.2) is 17.3 Å². The molecule has 2 saturated heterocycles. The number of aromatic nitrogens is 1. The highest BCUT2D eigenvalue weighted by Crippen LogP contribution is 2.45. The second-order valence-corrected chi connectivity index (χ2v) is 12.7. The number of hydrogen-bond donors (Lipinski definition) is 0. The molecule has 6 rings (SSSR count). The van der Waals surface area contributed by atoms with E-state index in [1.807, 2.05) is 23.1 Å². The molecular formula is C29H34N4O6S. The Labute approximate surface area is 234 Å². The van der Waals surface area contributed by atoms with Gasteiger partial charge in [0.25, 0.3) is 0 Å². The Morgan fingerprint density at radius 1 is 0.975 bits per heavy atom. The maximum Gasteiger partial charge on any atom is 0.248 e. The summed E-state index contributed by atoms with van der Waals surface area (Å²) in [6.45, 7) is 10.3. The number of nitrogens with zero attached hydrogens (tertiary/aromatic N) is 4. The van der Waals surface area contributed by atoms with Crippen molar-refractivity contribution in [2.24, 2.45) is 5.92 Å². The molecule has 0 saturated carbocycles. The Morgan fingerprint density at radius 3 is 2.48 bits per heavy atom. The lowest BCUT2D eigenvalue weighted by Crippen LogP contribution is -2.51. The van der Waals surface area contributed by atoms with Crippen LogP contribution in [0, 0.1) is 33.6 Å². The molecule has 2 aromatic carbocycles. The van der Waals surface area contributed by atoms with E-state index in [0.29, 0.717) is 43.4 Å². The minimum atomic E-state index is -3.94. The van der Waals surface area contributed by atoms with Crippen LogP contribution in [0.15, 0.2) is 45.8 Å². The zero-order chi connectivity index (χ0) is 28.2. The third-order valence-electron chi connectivity index (χ3n) is 8.29. The average Bonchev–Trinajstić information content (AvgIpc) is 3.68. The van der Waals surface area contributed by atoms with Gasteiger partial charge in [0.05, 0.1) is 5.92 Å². The van der Waals surface area contributed by atoms with Gasteiger partial charge in [-0.05, 0) is 51.0 Å². The maximum absolute atomic E-state index is 14.1. The van der Waals surface area contributed by atoms with Gasteiger partial charge in [-0.3, -0.25) is 4.79 Å². The van der Waals surface area contributed by atoms with Gasteiger partial charge in [-0.2, -0.15) is 4.31 Å². The number of sulfonamides is 1. The predicted molar refractivity (Wildman–Crippen MR) is 148 cm³/mol. The molecule has 0 radical (unpaired) electrons. The second-order valence-electron chi connectivity index (χ2n) is 10.9. The van der Waals surface area contributed by atoms with Crippen molar-refractivity contribution in [1.29, 1.82) is 0 Å². The number of anilines is 1. The molecule has 3 aliphatic rings. The first-order valence-electron chi connectivity index (χ1n) is 13.6. The largest absolute Gasteiger partial charge is 0.454 e. The van der Waals surface area contributed by atoms with E-state index in [-0.39, 0.29) is 36.4 Å². The van der Waals surface area contributed by atoms with Crippen LogP contribution in [-0.4, -0.2) is 74.7 Å². The Kier molecular flexibility index (Phi) is 6.74. The van der Waals surface area contributed by atoms with E-state index in [4.69, 9.17) is 14.0 Å². The van der Waals surface area contributed by atoms with Gasteiger partial charge in [0, 0.05) is 56.4 Å². The lowest BCUT2D eigenvalue weighted by atomic mass is 9.87. The van der Waals surface area contributed by atoms with Gasteiger partial charge >= 0.3 is 0 Å². The zero-order valence-electron chi connectivity index (χ0n) is 23.2. The lowest BCUT2D eigenvalue weighted by molar-refractivity contribution is -0.135. The standard InChI is InChI=1S/C29H34N4O6S/c1-18-8-9-19(2)25(14-18)31-10-12-32(13-11-31)29(34)24-16-33(40(35,36)28-20(3)30-39-21(28)4)15-23(24)22-6-5-7-26-27(22)38-17-37-26/h5-9,14,23-24H,10-13,15-17H2,1-4H3/t23-,24+/m0/s1. The van der Waals surface area contributed by atoms with E-state index in [9.17, 15) is 13.2 Å². The Hall–Kier alpha value is -3.57. The predicted octanol–water partition coefficient (Wildman–Crippen LogP) is 3.39. The van der Waals surface area contributed by atoms with E-state index >= 15 is 0 Å². The van der Waals surface area contributed by atoms with Crippen molar-refractivity contribution in [1.82, 2.24) is 14.4 Å². The molecule has 0 bridgehead atoms. The normalized spacial score (nSPS) is 21.3. The number of fused-ring (bicyclic) bond motifs is 1. The van der Waals surface area contributed by atoms with Crippen LogP contribution in [0.4, 0.5) is 5.69 Å². The number of ether oxygens (including phenoxy) is 2. The highest BCUT2D eigenvalue weighted by molar-refractivity contribution is 7.89. The molecule has 3 aromatic rings. The van der Waals surface area contributed by atoms with Crippen LogP contribution in [0.25, 0.3) is 0 Å². The SMILES string of the molecule is Cc1ccc(C)c(N2CCN(C(=O)[C@@H]3CN(S(=O)(=O)c4c(C)noc4C)C[C@H]3c3cccc4c3OCO4)CC2)c1. The fraction of sp³-hybridized carbons (Fsp3) is 0.448. The summed E-state index contributed by atoms with van der Waals surface area (Å²) in [6.07, 6.45) is 0. The van der Waals surface area contributed by atoms with Crippen molar-refractivity contribution >= 4 is 21.6 Å². The van der Waals surface area contributed by atoms with Crippen molar-refractivity contribution in [3.8, 4) is 11.5 Å². The van der Waals surface area contributed by atoms with Gasteiger partial charge < -0.3 is 23.8 Å². The summed E-state index contributed by atoms with van der Waals surface area (Å²) < 4.78 is 45.5. The molecule has 212 valence electrons. The summed E-state index contributed by atoms with van der Waals surface area (Å²) in [6, 6.07) is 12.0. The topological polar surface area (TPSA) is 105 Å². The molecule has 3 aliphatic heterocycles.